The lowest BCUT2D eigenvalue weighted by molar-refractivity contribution is 0.0561. The van der Waals surface area contributed by atoms with Crippen molar-refractivity contribution in [2.24, 2.45) is 5.41 Å². The molecule has 1 aliphatic heterocycles. The molecule has 2 atom stereocenters. The topological polar surface area (TPSA) is 56.7 Å². The van der Waals surface area contributed by atoms with E-state index < -0.39 is 17.7 Å². The Hall–Kier alpha value is -2.15. The summed E-state index contributed by atoms with van der Waals surface area (Å²) in [6.07, 6.45) is -0.961. The molecule has 5 nitrogen and oxygen atoms in total. The zero-order valence-electron chi connectivity index (χ0n) is 16.6. The van der Waals surface area contributed by atoms with Crippen molar-refractivity contribution >= 4 is 34.4 Å². The van der Waals surface area contributed by atoms with Gasteiger partial charge in [0.1, 0.15) is 17.5 Å². The number of carbonyl (C=O) groups is 1. The largest absolute Gasteiger partial charge is 0.465 e. The second kappa shape index (κ2) is 7.03. The van der Waals surface area contributed by atoms with E-state index in [2.05, 4.69) is 4.98 Å². The predicted octanol–water partition coefficient (Wildman–Crippen LogP) is 5.08. The van der Waals surface area contributed by atoms with E-state index in [-0.39, 0.29) is 33.4 Å². The van der Waals surface area contributed by atoms with Crippen molar-refractivity contribution in [3.05, 3.63) is 34.4 Å². The molecule has 3 rings (SSSR count). The molecule has 8 heteroatoms. The van der Waals surface area contributed by atoms with Gasteiger partial charge in [0.2, 0.25) is 0 Å². The van der Waals surface area contributed by atoms with Crippen LogP contribution in [0.2, 0.25) is 5.02 Å². The number of nitrogens with zero attached hydrogens (tertiary/aromatic N) is 3. The molecule has 0 bridgehead atoms. The fourth-order valence-corrected chi connectivity index (χ4v) is 4.59. The number of amides is 1. The third-order valence-electron chi connectivity index (χ3n) is 5.42. The Kier molecular flexibility index (Phi) is 5.17. The SMILES string of the molecule is Cc1c(N2CCN(C(=O)O)[C@@H](C(C)(C)C)C2C)nc2cc(F)cc(F)c2c1Cl. The first-order valence-corrected chi connectivity index (χ1v) is 9.52. The van der Waals surface area contributed by atoms with Crippen LogP contribution in [-0.2, 0) is 0 Å². The molecule has 0 radical (unpaired) electrons. The number of hydrogen-bond donors (Lipinski definition) is 1. The molecule has 1 amide bonds. The van der Waals surface area contributed by atoms with Crippen molar-refractivity contribution in [3.63, 3.8) is 0 Å². The van der Waals surface area contributed by atoms with E-state index in [4.69, 9.17) is 11.6 Å². The smallest absolute Gasteiger partial charge is 0.407 e. The van der Waals surface area contributed by atoms with Gasteiger partial charge in [-0.25, -0.2) is 18.6 Å². The molecule has 2 heterocycles. The van der Waals surface area contributed by atoms with Crippen molar-refractivity contribution in [1.82, 2.24) is 9.88 Å². The minimum Gasteiger partial charge on any atom is -0.465 e. The van der Waals surface area contributed by atoms with Gasteiger partial charge in [0, 0.05) is 36.8 Å². The fourth-order valence-electron chi connectivity index (χ4n) is 4.32. The van der Waals surface area contributed by atoms with Gasteiger partial charge in [-0.05, 0) is 19.3 Å². The summed E-state index contributed by atoms with van der Waals surface area (Å²) in [5.41, 5.74) is 0.412. The lowest BCUT2D eigenvalue weighted by Gasteiger charge is -2.51. The summed E-state index contributed by atoms with van der Waals surface area (Å²) in [7, 11) is 0. The van der Waals surface area contributed by atoms with Gasteiger partial charge in [0.25, 0.3) is 0 Å². The zero-order valence-corrected chi connectivity index (χ0v) is 17.3. The summed E-state index contributed by atoms with van der Waals surface area (Å²) in [5, 5.41) is 9.92. The minimum atomic E-state index is -0.961. The molecule has 1 aromatic carbocycles. The summed E-state index contributed by atoms with van der Waals surface area (Å²) in [4.78, 5) is 19.7. The normalized spacial score (nSPS) is 20.7. The maximum Gasteiger partial charge on any atom is 0.407 e. The van der Waals surface area contributed by atoms with Gasteiger partial charge in [-0.3, -0.25) is 0 Å². The van der Waals surface area contributed by atoms with Gasteiger partial charge < -0.3 is 14.9 Å². The average molecular weight is 412 g/mol. The average Bonchev–Trinajstić information content (AvgIpc) is 2.56. The third kappa shape index (κ3) is 3.36. The van der Waals surface area contributed by atoms with Crippen LogP contribution in [0.4, 0.5) is 19.4 Å². The van der Waals surface area contributed by atoms with Gasteiger partial charge in [0.15, 0.2) is 0 Å². The van der Waals surface area contributed by atoms with Crippen LogP contribution in [0.25, 0.3) is 10.9 Å². The minimum absolute atomic E-state index is 0.0912. The van der Waals surface area contributed by atoms with Gasteiger partial charge in [0.05, 0.1) is 22.0 Å². The monoisotopic (exact) mass is 411 g/mol. The molecule has 28 heavy (non-hydrogen) atoms. The molecule has 1 fully saturated rings. The number of carboxylic acid groups (broad SMARTS) is 1. The van der Waals surface area contributed by atoms with Gasteiger partial charge in [-0.2, -0.15) is 0 Å². The molecule has 1 aromatic heterocycles. The lowest BCUT2D eigenvalue weighted by atomic mass is 9.80. The zero-order chi connectivity index (χ0) is 21.0. The van der Waals surface area contributed by atoms with Gasteiger partial charge in [-0.15, -0.1) is 0 Å². The molecule has 0 spiro atoms. The van der Waals surface area contributed by atoms with Crippen LogP contribution in [0.5, 0.6) is 0 Å². The number of piperazine rings is 1. The van der Waals surface area contributed by atoms with Crippen LogP contribution in [0.3, 0.4) is 0 Å². The van der Waals surface area contributed by atoms with E-state index in [1.807, 2.05) is 32.6 Å². The van der Waals surface area contributed by atoms with E-state index in [1.54, 1.807) is 6.92 Å². The number of pyridine rings is 1. The van der Waals surface area contributed by atoms with Crippen molar-refractivity contribution in [2.45, 2.75) is 46.7 Å². The maximum atomic E-state index is 14.2. The summed E-state index contributed by atoms with van der Waals surface area (Å²) >= 11 is 6.43. The van der Waals surface area contributed by atoms with E-state index in [9.17, 15) is 18.7 Å². The van der Waals surface area contributed by atoms with Crippen LogP contribution in [0.15, 0.2) is 12.1 Å². The quantitative estimate of drug-likeness (QED) is 0.711. The van der Waals surface area contributed by atoms with Crippen LogP contribution < -0.4 is 4.90 Å². The van der Waals surface area contributed by atoms with Crippen LogP contribution in [0.1, 0.15) is 33.3 Å². The number of aromatic nitrogens is 1. The molecule has 2 aromatic rings. The van der Waals surface area contributed by atoms with E-state index in [1.165, 1.54) is 4.90 Å². The first-order valence-electron chi connectivity index (χ1n) is 9.14. The summed E-state index contributed by atoms with van der Waals surface area (Å²) in [6.45, 7) is 10.4. The number of fused-ring (bicyclic) bond motifs is 1. The van der Waals surface area contributed by atoms with Crippen molar-refractivity contribution in [3.8, 4) is 0 Å². The Morgan fingerprint density at radius 2 is 1.93 bits per heavy atom. The van der Waals surface area contributed by atoms with Crippen LogP contribution in [-0.4, -0.2) is 46.3 Å². The Balaban J connectivity index is 2.14. The summed E-state index contributed by atoms with van der Waals surface area (Å²) < 4.78 is 28.0. The number of anilines is 1. The summed E-state index contributed by atoms with van der Waals surface area (Å²) in [5.74, 6) is -0.951. The first-order chi connectivity index (χ1) is 12.9. The molecule has 0 saturated carbocycles. The number of halogens is 3. The second-order valence-corrected chi connectivity index (χ2v) is 8.75. The van der Waals surface area contributed by atoms with Gasteiger partial charge in [-0.1, -0.05) is 32.4 Å². The Morgan fingerprint density at radius 1 is 1.29 bits per heavy atom. The molecule has 1 aliphatic rings. The lowest BCUT2D eigenvalue weighted by Crippen LogP contribution is -2.64. The van der Waals surface area contributed by atoms with E-state index in [0.29, 0.717) is 24.5 Å². The Bertz CT molecular complexity index is 945. The van der Waals surface area contributed by atoms with Gasteiger partial charge >= 0.3 is 6.09 Å². The van der Waals surface area contributed by atoms with Crippen LogP contribution >= 0.6 is 11.6 Å². The maximum absolute atomic E-state index is 14.2. The number of rotatable bonds is 1. The van der Waals surface area contributed by atoms with Crippen molar-refractivity contribution in [1.29, 1.82) is 0 Å². The van der Waals surface area contributed by atoms with Crippen molar-refractivity contribution in [2.75, 3.05) is 18.0 Å². The molecule has 0 aliphatic carbocycles. The van der Waals surface area contributed by atoms with Crippen molar-refractivity contribution < 1.29 is 18.7 Å². The van der Waals surface area contributed by atoms with E-state index >= 15 is 0 Å². The molecule has 1 saturated heterocycles. The third-order valence-corrected chi connectivity index (χ3v) is 5.89. The highest BCUT2D eigenvalue weighted by Gasteiger charge is 2.43. The van der Waals surface area contributed by atoms with Crippen LogP contribution in [0, 0.1) is 24.0 Å². The number of benzene rings is 1. The Morgan fingerprint density at radius 3 is 2.50 bits per heavy atom. The second-order valence-electron chi connectivity index (χ2n) is 8.38. The highest BCUT2D eigenvalue weighted by molar-refractivity contribution is 6.36. The molecular formula is C20H24ClF2N3O2. The first kappa shape index (κ1) is 20.6. The highest BCUT2D eigenvalue weighted by atomic mass is 35.5. The molecule has 152 valence electrons. The molecule has 1 N–H and O–H groups in total. The number of hydrogen-bond acceptors (Lipinski definition) is 3. The predicted molar refractivity (Wildman–Crippen MR) is 106 cm³/mol. The molecule has 1 unspecified atom stereocenters. The standard InChI is InChI=1S/C20H24ClF2N3O2/c1-10-16(21)15-13(23)8-12(22)9-14(15)24-18(10)25-6-7-26(19(27)28)17(11(25)2)20(3,4)5/h8-9,11,17H,6-7H2,1-5H3,(H,27,28)/t11?,17-/m1/s1. The Labute approximate surface area is 167 Å². The van der Waals surface area contributed by atoms with E-state index in [0.717, 1.165) is 12.1 Å². The summed E-state index contributed by atoms with van der Waals surface area (Å²) in [6, 6.07) is 1.45. The fraction of sp³-hybridized carbons (Fsp3) is 0.500. The molecular weight excluding hydrogens is 388 g/mol. The highest BCUT2D eigenvalue weighted by Crippen LogP contribution is 2.38.